The van der Waals surface area contributed by atoms with Crippen LogP contribution in [0, 0.1) is 0 Å². The smallest absolute Gasteiger partial charge is 0.256 e. The molecule has 24 heavy (non-hydrogen) atoms. The van der Waals surface area contributed by atoms with Crippen molar-refractivity contribution in [3.05, 3.63) is 24.3 Å². The third kappa shape index (κ3) is 5.21. The summed E-state index contributed by atoms with van der Waals surface area (Å²) in [5.74, 6) is 0.654. The predicted molar refractivity (Wildman–Crippen MR) is 96.5 cm³/mol. The van der Waals surface area contributed by atoms with E-state index in [0.717, 1.165) is 18.0 Å². The van der Waals surface area contributed by atoms with Gasteiger partial charge in [0.2, 0.25) is 0 Å². The monoisotopic (exact) mass is 334 g/mol. The van der Waals surface area contributed by atoms with Crippen LogP contribution in [0.3, 0.4) is 0 Å². The molecule has 1 aromatic carbocycles. The van der Waals surface area contributed by atoms with Crippen molar-refractivity contribution in [1.29, 1.82) is 0 Å². The van der Waals surface area contributed by atoms with E-state index in [4.69, 9.17) is 9.47 Å². The van der Waals surface area contributed by atoms with Crippen LogP contribution in [0.1, 0.15) is 40.0 Å². The third-order valence-corrected chi connectivity index (χ3v) is 4.76. The Morgan fingerprint density at radius 3 is 2.62 bits per heavy atom. The van der Waals surface area contributed by atoms with Crippen molar-refractivity contribution >= 4 is 11.6 Å². The van der Waals surface area contributed by atoms with E-state index in [-0.39, 0.29) is 5.91 Å². The molecule has 1 aromatic rings. The zero-order valence-corrected chi connectivity index (χ0v) is 15.3. The maximum atomic E-state index is 12.1. The number of hydrogen-bond donors (Lipinski definition) is 1. The first-order valence-corrected chi connectivity index (χ1v) is 8.76. The third-order valence-electron chi connectivity index (χ3n) is 4.76. The number of nitrogens with zero attached hydrogens (tertiary/aromatic N) is 1. The first-order chi connectivity index (χ1) is 11.4. The molecule has 5 heteroatoms. The predicted octanol–water partition coefficient (Wildman–Crippen LogP) is 3.30. The molecule has 0 saturated carbocycles. The summed E-state index contributed by atoms with van der Waals surface area (Å²) in [7, 11) is 1.53. The maximum absolute atomic E-state index is 12.1. The molecule has 5 nitrogen and oxygen atoms in total. The van der Waals surface area contributed by atoms with Gasteiger partial charge in [-0.25, -0.2) is 0 Å². The minimum Gasteiger partial charge on any atom is -0.492 e. The van der Waals surface area contributed by atoms with Gasteiger partial charge in [-0.2, -0.15) is 0 Å². The Kier molecular flexibility index (Phi) is 6.63. The van der Waals surface area contributed by atoms with E-state index in [2.05, 4.69) is 17.1 Å². The lowest BCUT2D eigenvalue weighted by molar-refractivity contribution is -0.133. The van der Waals surface area contributed by atoms with Crippen LogP contribution in [0.25, 0.3) is 0 Å². The average molecular weight is 334 g/mol. The van der Waals surface area contributed by atoms with Gasteiger partial charge in [0.05, 0.1) is 0 Å². The second-order valence-electron chi connectivity index (χ2n) is 6.92. The molecule has 0 spiro atoms. The van der Waals surface area contributed by atoms with Crippen LogP contribution < -0.4 is 10.1 Å². The van der Waals surface area contributed by atoms with Crippen molar-refractivity contribution in [3.8, 4) is 5.75 Å². The molecule has 0 aliphatic carbocycles. The van der Waals surface area contributed by atoms with Gasteiger partial charge in [-0.05, 0) is 64.4 Å². The summed E-state index contributed by atoms with van der Waals surface area (Å²) in [5.41, 5.74) is -0.109. The van der Waals surface area contributed by atoms with Crippen molar-refractivity contribution < 1.29 is 14.3 Å². The quantitative estimate of drug-likeness (QED) is 0.831. The minimum absolute atomic E-state index is 0.169. The Morgan fingerprint density at radius 2 is 2.00 bits per heavy atom. The van der Waals surface area contributed by atoms with Gasteiger partial charge < -0.3 is 14.8 Å². The first kappa shape index (κ1) is 18.7. The van der Waals surface area contributed by atoms with Crippen LogP contribution >= 0.6 is 0 Å². The Hall–Kier alpha value is -1.59. The number of nitrogens with one attached hydrogen (secondary N) is 1. The molecule has 1 saturated heterocycles. The standard InChI is InChI=1S/C19H30N2O3/c1-15-7-5-6-12-21(15)13-14-24-17-10-8-16(9-11-17)20-18(22)19(2,3)23-4/h8-11,15H,5-7,12-14H2,1-4H3,(H,20,22). The van der Waals surface area contributed by atoms with E-state index >= 15 is 0 Å². The summed E-state index contributed by atoms with van der Waals surface area (Å²) in [6.45, 7) is 8.58. The molecule has 1 atom stereocenters. The lowest BCUT2D eigenvalue weighted by Crippen LogP contribution is -2.39. The molecular weight excluding hydrogens is 304 g/mol. The van der Waals surface area contributed by atoms with Crippen molar-refractivity contribution in [2.45, 2.75) is 51.7 Å². The number of ether oxygens (including phenoxy) is 2. The number of likely N-dealkylation sites (tertiary alicyclic amines) is 1. The highest BCUT2D eigenvalue weighted by molar-refractivity contribution is 5.96. The second-order valence-corrected chi connectivity index (χ2v) is 6.92. The van der Waals surface area contributed by atoms with Crippen LogP contribution in [0.2, 0.25) is 0 Å². The van der Waals surface area contributed by atoms with Crippen molar-refractivity contribution in [2.24, 2.45) is 0 Å². The average Bonchev–Trinajstić information content (AvgIpc) is 2.58. The molecule has 0 radical (unpaired) electrons. The van der Waals surface area contributed by atoms with Gasteiger partial charge in [0.15, 0.2) is 0 Å². The molecule has 1 aliphatic rings. The Bertz CT molecular complexity index is 528. The molecular formula is C19H30N2O3. The number of hydrogen-bond acceptors (Lipinski definition) is 4. The number of amides is 1. The summed E-state index contributed by atoms with van der Waals surface area (Å²) in [5, 5.41) is 2.85. The van der Waals surface area contributed by atoms with E-state index in [1.807, 2.05) is 24.3 Å². The fraction of sp³-hybridized carbons (Fsp3) is 0.632. The zero-order valence-electron chi connectivity index (χ0n) is 15.3. The molecule has 0 aromatic heterocycles. The highest BCUT2D eigenvalue weighted by Crippen LogP contribution is 2.19. The molecule has 1 heterocycles. The number of carbonyl (C=O) groups excluding carboxylic acids is 1. The van der Waals surface area contributed by atoms with Gasteiger partial charge in [0.1, 0.15) is 18.0 Å². The van der Waals surface area contributed by atoms with Crippen LogP contribution in [0.4, 0.5) is 5.69 Å². The van der Waals surface area contributed by atoms with Gasteiger partial charge in [0.25, 0.3) is 5.91 Å². The number of methoxy groups -OCH3 is 1. The van der Waals surface area contributed by atoms with Crippen LogP contribution in [-0.4, -0.2) is 49.3 Å². The van der Waals surface area contributed by atoms with Gasteiger partial charge in [0, 0.05) is 25.4 Å². The Labute approximate surface area is 145 Å². The maximum Gasteiger partial charge on any atom is 0.256 e. The number of piperidine rings is 1. The van der Waals surface area contributed by atoms with E-state index in [1.165, 1.54) is 32.9 Å². The van der Waals surface area contributed by atoms with E-state index in [9.17, 15) is 4.79 Å². The second kappa shape index (κ2) is 8.49. The summed E-state index contributed by atoms with van der Waals surface area (Å²) in [6.07, 6.45) is 3.91. The zero-order chi connectivity index (χ0) is 17.6. The number of rotatable bonds is 7. The van der Waals surface area contributed by atoms with Crippen molar-refractivity contribution in [1.82, 2.24) is 4.90 Å². The summed E-state index contributed by atoms with van der Waals surface area (Å²) < 4.78 is 11.0. The molecule has 1 amide bonds. The van der Waals surface area contributed by atoms with Gasteiger partial charge in [-0.15, -0.1) is 0 Å². The van der Waals surface area contributed by atoms with Crippen molar-refractivity contribution in [3.63, 3.8) is 0 Å². The summed E-state index contributed by atoms with van der Waals surface area (Å²) in [4.78, 5) is 14.5. The normalized spacial score (nSPS) is 19.1. The lowest BCUT2D eigenvalue weighted by atomic mass is 10.0. The van der Waals surface area contributed by atoms with Crippen molar-refractivity contribution in [2.75, 3.05) is 32.1 Å². The van der Waals surface area contributed by atoms with Crippen LogP contribution in [0.15, 0.2) is 24.3 Å². The Morgan fingerprint density at radius 1 is 1.29 bits per heavy atom. The molecule has 1 aliphatic heterocycles. The topological polar surface area (TPSA) is 50.8 Å². The fourth-order valence-electron chi connectivity index (χ4n) is 2.78. The molecule has 1 unspecified atom stereocenters. The molecule has 2 rings (SSSR count). The lowest BCUT2D eigenvalue weighted by Gasteiger charge is -2.33. The fourth-order valence-corrected chi connectivity index (χ4v) is 2.78. The van der Waals surface area contributed by atoms with Gasteiger partial charge in [-0.3, -0.25) is 9.69 Å². The van der Waals surface area contributed by atoms with E-state index in [1.54, 1.807) is 13.8 Å². The van der Waals surface area contributed by atoms with Crippen LogP contribution in [-0.2, 0) is 9.53 Å². The molecule has 1 fully saturated rings. The number of benzene rings is 1. The van der Waals surface area contributed by atoms with Crippen LogP contribution in [0.5, 0.6) is 5.75 Å². The largest absolute Gasteiger partial charge is 0.492 e. The summed E-state index contributed by atoms with van der Waals surface area (Å²) in [6, 6.07) is 8.12. The minimum atomic E-state index is -0.847. The van der Waals surface area contributed by atoms with Gasteiger partial charge in [-0.1, -0.05) is 6.42 Å². The first-order valence-electron chi connectivity index (χ1n) is 8.76. The van der Waals surface area contributed by atoms with E-state index < -0.39 is 5.60 Å². The molecule has 0 bridgehead atoms. The molecule has 1 N–H and O–H groups in total. The summed E-state index contributed by atoms with van der Waals surface area (Å²) >= 11 is 0. The highest BCUT2D eigenvalue weighted by atomic mass is 16.5. The van der Waals surface area contributed by atoms with E-state index in [0.29, 0.717) is 12.6 Å². The Balaban J connectivity index is 1.78. The molecule has 134 valence electrons. The number of carbonyl (C=O) groups is 1. The number of anilines is 1. The van der Waals surface area contributed by atoms with Gasteiger partial charge >= 0.3 is 0 Å². The highest BCUT2D eigenvalue weighted by Gasteiger charge is 2.26. The SMILES string of the molecule is COC(C)(C)C(=O)Nc1ccc(OCCN2CCCCC2C)cc1.